The maximum Gasteiger partial charge on any atom is 0.253 e. The van der Waals surface area contributed by atoms with Crippen molar-refractivity contribution in [2.75, 3.05) is 25.5 Å². The van der Waals surface area contributed by atoms with Crippen LogP contribution in [0, 0.1) is 11.8 Å². The summed E-state index contributed by atoms with van der Waals surface area (Å²) in [6, 6.07) is 13.4. The Morgan fingerprint density at radius 2 is 1.90 bits per heavy atom. The number of hydrogen-bond donors (Lipinski definition) is 1. The Bertz CT molecular complexity index is 1010. The zero-order valence-electron chi connectivity index (χ0n) is 17.3. The quantitative estimate of drug-likeness (QED) is 0.676. The minimum Gasteiger partial charge on any atom is -0.379 e. The van der Waals surface area contributed by atoms with Crippen LogP contribution in [0.4, 0.5) is 5.82 Å². The Morgan fingerprint density at radius 1 is 1.10 bits per heavy atom. The molecule has 2 aliphatic rings. The fourth-order valence-electron chi connectivity index (χ4n) is 4.85. The fourth-order valence-corrected chi connectivity index (χ4v) is 4.85. The van der Waals surface area contributed by atoms with Crippen molar-refractivity contribution in [3.63, 3.8) is 0 Å². The van der Waals surface area contributed by atoms with Gasteiger partial charge in [-0.3, -0.25) is 4.79 Å². The summed E-state index contributed by atoms with van der Waals surface area (Å²) in [5, 5.41) is 14.7. The second-order valence-corrected chi connectivity index (χ2v) is 8.24. The number of rotatable bonds is 5. The maximum absolute atomic E-state index is 13.1. The van der Waals surface area contributed by atoms with Gasteiger partial charge < -0.3 is 15.0 Å². The third-order valence-electron chi connectivity index (χ3n) is 6.43. The molecular formula is C22H25N7O2. The molecule has 1 saturated carbocycles. The van der Waals surface area contributed by atoms with Crippen molar-refractivity contribution in [1.29, 1.82) is 0 Å². The number of ether oxygens (including phenoxy) is 1. The molecule has 0 radical (unpaired) electrons. The lowest BCUT2D eigenvalue weighted by Gasteiger charge is -2.37. The number of tetrazole rings is 1. The molecule has 1 aliphatic heterocycles. The molecule has 0 unspecified atom stereocenters. The molecule has 0 bridgehead atoms. The normalized spacial score (nSPS) is 25.3. The Morgan fingerprint density at radius 3 is 2.58 bits per heavy atom. The Labute approximate surface area is 180 Å². The summed E-state index contributed by atoms with van der Waals surface area (Å²) in [5.74, 6) is 1.84. The van der Waals surface area contributed by atoms with Gasteiger partial charge in [0.05, 0.1) is 17.8 Å². The van der Waals surface area contributed by atoms with Crippen LogP contribution < -0.4 is 5.32 Å². The molecule has 3 heterocycles. The van der Waals surface area contributed by atoms with E-state index in [1.807, 2.05) is 47.4 Å². The molecule has 1 aliphatic carbocycles. The molecule has 2 aromatic heterocycles. The van der Waals surface area contributed by atoms with Gasteiger partial charge in [0.1, 0.15) is 12.1 Å². The molecule has 0 spiro atoms. The minimum absolute atomic E-state index is 0.0702. The van der Waals surface area contributed by atoms with E-state index in [1.165, 1.54) is 6.33 Å². The molecule has 5 rings (SSSR count). The Hall–Kier alpha value is -3.33. The zero-order valence-corrected chi connectivity index (χ0v) is 17.3. The number of likely N-dealkylation sites (tertiary alicyclic amines) is 1. The van der Waals surface area contributed by atoms with Crippen molar-refractivity contribution in [1.82, 2.24) is 30.1 Å². The SMILES string of the molecule is CO[C@@H]1C[C@H]2CN(C(=O)c3ccc(-n4cnnn4)cc3)C[C@H]2C[C@H]1Nc1ccccn1. The maximum atomic E-state index is 13.1. The first kappa shape index (κ1) is 19.6. The van der Waals surface area contributed by atoms with Crippen LogP contribution >= 0.6 is 0 Å². The molecule has 3 aromatic rings. The van der Waals surface area contributed by atoms with Crippen LogP contribution in [0.2, 0.25) is 0 Å². The molecule has 1 saturated heterocycles. The molecule has 160 valence electrons. The molecule has 1 amide bonds. The van der Waals surface area contributed by atoms with Crippen LogP contribution in [0.3, 0.4) is 0 Å². The predicted molar refractivity (Wildman–Crippen MR) is 114 cm³/mol. The van der Waals surface area contributed by atoms with Crippen LogP contribution in [0.15, 0.2) is 55.0 Å². The van der Waals surface area contributed by atoms with E-state index in [2.05, 4.69) is 25.8 Å². The average Bonchev–Trinajstić information content (AvgIpc) is 3.49. The number of aromatic nitrogens is 5. The van der Waals surface area contributed by atoms with Crippen LogP contribution in [0.1, 0.15) is 23.2 Å². The number of benzene rings is 1. The highest BCUT2D eigenvalue weighted by Crippen LogP contribution is 2.38. The van der Waals surface area contributed by atoms with Gasteiger partial charge in [-0.15, -0.1) is 5.10 Å². The number of pyridine rings is 1. The summed E-state index contributed by atoms with van der Waals surface area (Å²) >= 11 is 0. The fraction of sp³-hybridized carbons (Fsp3) is 0.409. The highest BCUT2D eigenvalue weighted by molar-refractivity contribution is 5.94. The van der Waals surface area contributed by atoms with Crippen LogP contribution in [0.5, 0.6) is 0 Å². The molecular weight excluding hydrogens is 394 g/mol. The van der Waals surface area contributed by atoms with Crippen LogP contribution in [-0.2, 0) is 4.74 Å². The first-order valence-electron chi connectivity index (χ1n) is 10.5. The van der Waals surface area contributed by atoms with E-state index >= 15 is 0 Å². The highest BCUT2D eigenvalue weighted by Gasteiger charge is 2.43. The topological polar surface area (TPSA) is 98.1 Å². The van der Waals surface area contributed by atoms with Crippen molar-refractivity contribution in [2.45, 2.75) is 25.0 Å². The van der Waals surface area contributed by atoms with Crippen LogP contribution in [-0.4, -0.2) is 68.3 Å². The number of amides is 1. The van der Waals surface area contributed by atoms with Gasteiger partial charge in [0.15, 0.2) is 0 Å². The van der Waals surface area contributed by atoms with E-state index in [-0.39, 0.29) is 18.1 Å². The Balaban J connectivity index is 1.26. The zero-order chi connectivity index (χ0) is 21.2. The third kappa shape index (κ3) is 4.00. The highest BCUT2D eigenvalue weighted by atomic mass is 16.5. The summed E-state index contributed by atoms with van der Waals surface area (Å²) < 4.78 is 7.37. The molecule has 9 nitrogen and oxygen atoms in total. The molecule has 1 aromatic carbocycles. The third-order valence-corrected chi connectivity index (χ3v) is 6.43. The molecule has 31 heavy (non-hydrogen) atoms. The molecule has 2 fully saturated rings. The first-order chi connectivity index (χ1) is 15.2. The average molecular weight is 419 g/mol. The van der Waals surface area contributed by atoms with E-state index in [4.69, 9.17) is 4.74 Å². The van der Waals surface area contributed by atoms with Crippen LogP contribution in [0.25, 0.3) is 5.69 Å². The monoisotopic (exact) mass is 419 g/mol. The summed E-state index contributed by atoms with van der Waals surface area (Å²) in [7, 11) is 1.77. The summed E-state index contributed by atoms with van der Waals surface area (Å²) in [4.78, 5) is 19.5. The van der Waals surface area contributed by atoms with Crippen molar-refractivity contribution in [2.24, 2.45) is 11.8 Å². The van der Waals surface area contributed by atoms with E-state index < -0.39 is 0 Å². The van der Waals surface area contributed by atoms with Crippen molar-refractivity contribution in [3.8, 4) is 5.69 Å². The smallest absolute Gasteiger partial charge is 0.253 e. The van der Waals surface area contributed by atoms with Crippen molar-refractivity contribution >= 4 is 11.7 Å². The van der Waals surface area contributed by atoms with Gasteiger partial charge in [-0.05, 0) is 71.5 Å². The number of nitrogens with one attached hydrogen (secondary N) is 1. The lowest BCUT2D eigenvalue weighted by molar-refractivity contribution is 0.0304. The Kier molecular flexibility index (Phi) is 5.33. The first-order valence-corrected chi connectivity index (χ1v) is 10.5. The standard InChI is InChI=1S/C22H25N7O2/c1-31-20-11-17-13-28(12-16(17)10-19(20)25-21-4-2-3-9-23-21)22(30)15-5-7-18(8-6-15)29-14-24-26-27-29/h2-9,14,16-17,19-20H,10-13H2,1H3,(H,23,25)/t16-,17+,19-,20-/m1/s1. The van der Waals surface area contributed by atoms with E-state index in [0.29, 0.717) is 17.4 Å². The summed E-state index contributed by atoms with van der Waals surface area (Å²) in [6.07, 6.45) is 5.32. The molecule has 1 N–H and O–H groups in total. The second-order valence-electron chi connectivity index (χ2n) is 8.24. The van der Waals surface area contributed by atoms with E-state index in [9.17, 15) is 4.79 Å². The number of carbonyl (C=O) groups excluding carboxylic acids is 1. The van der Waals surface area contributed by atoms with E-state index in [0.717, 1.165) is 37.4 Å². The van der Waals surface area contributed by atoms with Crippen molar-refractivity contribution < 1.29 is 9.53 Å². The van der Waals surface area contributed by atoms with Crippen molar-refractivity contribution in [3.05, 3.63) is 60.6 Å². The molecule has 4 atom stereocenters. The van der Waals surface area contributed by atoms with Gasteiger partial charge >= 0.3 is 0 Å². The molecule has 9 heteroatoms. The van der Waals surface area contributed by atoms with E-state index in [1.54, 1.807) is 18.0 Å². The van der Waals surface area contributed by atoms with Gasteiger partial charge in [0.2, 0.25) is 0 Å². The largest absolute Gasteiger partial charge is 0.379 e. The number of hydrogen-bond acceptors (Lipinski definition) is 7. The summed E-state index contributed by atoms with van der Waals surface area (Å²) in [6.45, 7) is 1.55. The number of fused-ring (bicyclic) bond motifs is 1. The van der Waals surface area contributed by atoms with Gasteiger partial charge in [0.25, 0.3) is 5.91 Å². The lowest BCUT2D eigenvalue weighted by atomic mass is 9.77. The second kappa shape index (κ2) is 8.43. The number of methoxy groups -OCH3 is 1. The van der Waals surface area contributed by atoms with Gasteiger partial charge in [0, 0.05) is 32.0 Å². The summed E-state index contributed by atoms with van der Waals surface area (Å²) in [5.41, 5.74) is 1.50. The number of anilines is 1. The number of nitrogens with zero attached hydrogens (tertiary/aromatic N) is 6. The minimum atomic E-state index is 0.0702. The number of carbonyl (C=O) groups is 1. The van der Waals surface area contributed by atoms with Gasteiger partial charge in [-0.2, -0.15) is 0 Å². The predicted octanol–water partition coefficient (Wildman–Crippen LogP) is 2.03. The van der Waals surface area contributed by atoms with Gasteiger partial charge in [-0.25, -0.2) is 9.67 Å². The van der Waals surface area contributed by atoms with Gasteiger partial charge in [-0.1, -0.05) is 6.07 Å². The lowest BCUT2D eigenvalue weighted by Crippen LogP contribution is -2.44.